The standard InChI is InChI=1S/C9H8F3N3O/c1-3-4-13-8(16)6-5-15(2)14-7(6)9(10,11)12/h1,5H,4H2,2H3,(H,13,16). The third-order valence-electron chi connectivity index (χ3n) is 1.69. The monoisotopic (exact) mass is 231 g/mol. The van der Waals surface area contributed by atoms with Crippen molar-refractivity contribution in [3.63, 3.8) is 0 Å². The molecule has 1 rings (SSSR count). The molecule has 0 fully saturated rings. The Hall–Kier alpha value is -1.97. The molecule has 0 bridgehead atoms. The van der Waals surface area contributed by atoms with E-state index in [9.17, 15) is 18.0 Å². The molecule has 7 heteroatoms. The molecular weight excluding hydrogens is 223 g/mol. The first-order valence-electron chi connectivity index (χ1n) is 4.18. The van der Waals surface area contributed by atoms with Crippen LogP contribution in [-0.2, 0) is 13.2 Å². The molecule has 16 heavy (non-hydrogen) atoms. The molecule has 0 atom stereocenters. The first-order chi connectivity index (χ1) is 7.36. The van der Waals surface area contributed by atoms with E-state index in [4.69, 9.17) is 6.42 Å². The summed E-state index contributed by atoms with van der Waals surface area (Å²) in [6.45, 7) is -0.134. The molecule has 1 amide bonds. The lowest BCUT2D eigenvalue weighted by Crippen LogP contribution is -2.25. The maximum absolute atomic E-state index is 12.4. The second-order valence-electron chi connectivity index (χ2n) is 2.95. The third-order valence-corrected chi connectivity index (χ3v) is 1.69. The number of hydrogen-bond donors (Lipinski definition) is 1. The zero-order valence-electron chi connectivity index (χ0n) is 8.30. The molecule has 1 heterocycles. The number of halogens is 3. The molecular formula is C9H8F3N3O. The van der Waals surface area contributed by atoms with Crippen molar-refractivity contribution < 1.29 is 18.0 Å². The number of carbonyl (C=O) groups excluding carboxylic acids is 1. The van der Waals surface area contributed by atoms with Crippen LogP contribution in [0.2, 0.25) is 0 Å². The number of nitrogens with one attached hydrogen (secondary N) is 1. The molecule has 0 aromatic carbocycles. The SMILES string of the molecule is C#CCNC(=O)c1cn(C)nc1C(F)(F)F. The van der Waals surface area contributed by atoms with Gasteiger partial charge >= 0.3 is 6.18 Å². The lowest BCUT2D eigenvalue weighted by molar-refractivity contribution is -0.141. The Labute approximate surface area is 89.4 Å². The number of hydrogen-bond acceptors (Lipinski definition) is 2. The van der Waals surface area contributed by atoms with Crippen molar-refractivity contribution in [2.75, 3.05) is 6.54 Å². The Morgan fingerprint density at radius 2 is 2.31 bits per heavy atom. The van der Waals surface area contributed by atoms with Crippen molar-refractivity contribution in [1.82, 2.24) is 15.1 Å². The summed E-state index contributed by atoms with van der Waals surface area (Å²) in [5.74, 6) is 1.20. The van der Waals surface area contributed by atoms with E-state index in [1.54, 1.807) is 0 Å². The van der Waals surface area contributed by atoms with Gasteiger partial charge in [-0.25, -0.2) is 0 Å². The molecule has 0 saturated heterocycles. The van der Waals surface area contributed by atoms with E-state index in [0.29, 0.717) is 0 Å². The topological polar surface area (TPSA) is 46.9 Å². The van der Waals surface area contributed by atoms with Crippen LogP contribution in [0.1, 0.15) is 16.1 Å². The molecule has 0 aliphatic carbocycles. The van der Waals surface area contributed by atoms with Gasteiger partial charge in [-0.1, -0.05) is 5.92 Å². The summed E-state index contributed by atoms with van der Waals surface area (Å²) in [5.41, 5.74) is -1.75. The molecule has 0 spiro atoms. The Morgan fingerprint density at radius 3 is 2.81 bits per heavy atom. The van der Waals surface area contributed by atoms with Crippen LogP contribution in [-0.4, -0.2) is 22.2 Å². The van der Waals surface area contributed by atoms with Crippen molar-refractivity contribution in [2.24, 2.45) is 7.05 Å². The van der Waals surface area contributed by atoms with Crippen molar-refractivity contribution in [3.8, 4) is 12.3 Å². The fraction of sp³-hybridized carbons (Fsp3) is 0.333. The largest absolute Gasteiger partial charge is 0.435 e. The van der Waals surface area contributed by atoms with E-state index < -0.39 is 23.3 Å². The number of nitrogens with zero attached hydrogens (tertiary/aromatic N) is 2. The van der Waals surface area contributed by atoms with Crippen molar-refractivity contribution >= 4 is 5.91 Å². The van der Waals surface area contributed by atoms with E-state index in [1.807, 2.05) is 0 Å². The molecule has 1 N–H and O–H groups in total. The van der Waals surface area contributed by atoms with E-state index in [0.717, 1.165) is 10.9 Å². The number of amides is 1. The molecule has 0 saturated carbocycles. The fourth-order valence-corrected chi connectivity index (χ4v) is 1.09. The number of alkyl halides is 3. The molecule has 0 aliphatic heterocycles. The Balaban J connectivity index is 3.05. The second-order valence-corrected chi connectivity index (χ2v) is 2.95. The van der Waals surface area contributed by atoms with E-state index in [2.05, 4.69) is 16.3 Å². The van der Waals surface area contributed by atoms with Crippen LogP contribution in [0.15, 0.2) is 6.20 Å². The van der Waals surface area contributed by atoms with Gasteiger partial charge in [-0.15, -0.1) is 6.42 Å². The molecule has 1 aromatic rings. The first kappa shape index (κ1) is 12.1. The predicted molar refractivity (Wildman–Crippen MR) is 49.4 cm³/mol. The summed E-state index contributed by atoms with van der Waals surface area (Å²) in [5, 5.41) is 5.34. The van der Waals surface area contributed by atoms with E-state index >= 15 is 0 Å². The minimum Gasteiger partial charge on any atom is -0.341 e. The smallest absolute Gasteiger partial charge is 0.341 e. The summed E-state index contributed by atoms with van der Waals surface area (Å²) in [4.78, 5) is 11.3. The number of terminal acetylenes is 1. The van der Waals surface area contributed by atoms with Gasteiger partial charge in [-0.2, -0.15) is 18.3 Å². The summed E-state index contributed by atoms with van der Waals surface area (Å²) < 4.78 is 38.3. The van der Waals surface area contributed by atoms with Gasteiger partial charge in [0.25, 0.3) is 5.91 Å². The summed E-state index contributed by atoms with van der Waals surface area (Å²) in [7, 11) is 1.30. The highest BCUT2D eigenvalue weighted by atomic mass is 19.4. The fourth-order valence-electron chi connectivity index (χ4n) is 1.09. The van der Waals surface area contributed by atoms with Gasteiger partial charge in [0.15, 0.2) is 5.69 Å². The Morgan fingerprint density at radius 1 is 1.69 bits per heavy atom. The molecule has 4 nitrogen and oxygen atoms in total. The highest BCUT2D eigenvalue weighted by Gasteiger charge is 2.38. The first-order valence-corrected chi connectivity index (χ1v) is 4.18. The number of aromatic nitrogens is 2. The highest BCUT2D eigenvalue weighted by Crippen LogP contribution is 2.30. The van der Waals surface area contributed by atoms with Crippen LogP contribution in [0.3, 0.4) is 0 Å². The number of aryl methyl sites for hydroxylation is 1. The minimum absolute atomic E-state index is 0.134. The quantitative estimate of drug-likeness (QED) is 0.765. The van der Waals surface area contributed by atoms with Gasteiger partial charge in [0.1, 0.15) is 0 Å². The maximum atomic E-state index is 12.4. The average molecular weight is 231 g/mol. The lowest BCUT2D eigenvalue weighted by Gasteiger charge is -2.05. The average Bonchev–Trinajstić information content (AvgIpc) is 2.56. The van der Waals surface area contributed by atoms with Crippen molar-refractivity contribution in [3.05, 3.63) is 17.5 Å². The maximum Gasteiger partial charge on any atom is 0.435 e. The van der Waals surface area contributed by atoms with Gasteiger partial charge in [0.05, 0.1) is 12.1 Å². The van der Waals surface area contributed by atoms with Gasteiger partial charge in [0, 0.05) is 13.2 Å². The summed E-state index contributed by atoms with van der Waals surface area (Å²) in [6.07, 6.45) is 1.21. The zero-order valence-corrected chi connectivity index (χ0v) is 8.30. The molecule has 0 unspecified atom stereocenters. The van der Waals surface area contributed by atoms with Crippen LogP contribution >= 0.6 is 0 Å². The van der Waals surface area contributed by atoms with Crippen molar-refractivity contribution in [1.29, 1.82) is 0 Å². The van der Waals surface area contributed by atoms with Crippen LogP contribution in [0.4, 0.5) is 13.2 Å². The van der Waals surface area contributed by atoms with Gasteiger partial charge < -0.3 is 5.32 Å². The Bertz CT molecular complexity index is 442. The predicted octanol–water partition coefficient (Wildman–Crippen LogP) is 0.802. The molecule has 0 radical (unpaired) electrons. The Kier molecular flexibility index (Phi) is 3.22. The highest BCUT2D eigenvalue weighted by molar-refractivity contribution is 5.95. The second kappa shape index (κ2) is 4.26. The van der Waals surface area contributed by atoms with Gasteiger partial charge in [-0.05, 0) is 0 Å². The summed E-state index contributed by atoms with van der Waals surface area (Å²) in [6, 6.07) is 0. The van der Waals surface area contributed by atoms with Crippen LogP contribution in [0, 0.1) is 12.3 Å². The van der Waals surface area contributed by atoms with Crippen LogP contribution in [0.5, 0.6) is 0 Å². The summed E-state index contributed by atoms with van der Waals surface area (Å²) >= 11 is 0. The molecule has 0 aliphatic rings. The van der Waals surface area contributed by atoms with Gasteiger partial charge in [0.2, 0.25) is 0 Å². The number of rotatable bonds is 2. The lowest BCUT2D eigenvalue weighted by atomic mass is 10.2. The van der Waals surface area contributed by atoms with Crippen LogP contribution in [0.25, 0.3) is 0 Å². The van der Waals surface area contributed by atoms with Gasteiger partial charge in [-0.3, -0.25) is 9.48 Å². The minimum atomic E-state index is -4.66. The third kappa shape index (κ3) is 2.53. The van der Waals surface area contributed by atoms with Crippen LogP contribution < -0.4 is 5.32 Å². The molecule has 1 aromatic heterocycles. The number of carbonyl (C=O) groups is 1. The normalized spacial score (nSPS) is 10.9. The van der Waals surface area contributed by atoms with E-state index in [1.165, 1.54) is 7.05 Å². The zero-order chi connectivity index (χ0) is 12.3. The van der Waals surface area contributed by atoms with E-state index in [-0.39, 0.29) is 6.54 Å². The van der Waals surface area contributed by atoms with Crippen molar-refractivity contribution in [2.45, 2.75) is 6.18 Å². The molecule has 86 valence electrons.